The number of aliphatic carboxylic acids is 1. The molecule has 1 aromatic carbocycles. The number of carboxylic acid groups (broad SMARTS) is 1. The summed E-state index contributed by atoms with van der Waals surface area (Å²) < 4.78 is 5.05. The first kappa shape index (κ1) is 14.1. The zero-order valence-electron chi connectivity index (χ0n) is 11.5. The van der Waals surface area contributed by atoms with E-state index in [1.165, 1.54) is 7.11 Å². The van der Waals surface area contributed by atoms with Crippen LogP contribution in [0.1, 0.15) is 22.6 Å². The molecule has 1 N–H and O–H groups in total. The second-order valence-corrected chi connectivity index (χ2v) is 4.71. The van der Waals surface area contributed by atoms with E-state index in [0.717, 1.165) is 11.1 Å². The van der Waals surface area contributed by atoms with Crippen LogP contribution in [0.4, 0.5) is 0 Å². The number of aromatic nitrogens is 1. The van der Waals surface area contributed by atoms with Gasteiger partial charge in [0.2, 0.25) is 5.88 Å². The molecule has 0 saturated carbocycles. The molecule has 104 valence electrons. The number of ether oxygens (including phenoxy) is 1. The second kappa shape index (κ2) is 6.19. The summed E-state index contributed by atoms with van der Waals surface area (Å²) in [5.41, 5.74) is 2.86. The number of carbonyl (C=O) groups is 1. The standard InChI is InChI=1S/C16H17NO3/c1-11-3-5-12(6-4-11)9-14(16(18)19)13-7-8-17-15(10-13)20-2/h3-8,10,14H,9H2,1-2H3,(H,18,19). The number of rotatable bonds is 5. The molecule has 1 aromatic heterocycles. The van der Waals surface area contributed by atoms with Crippen LogP contribution in [0.3, 0.4) is 0 Å². The average Bonchev–Trinajstić information content (AvgIpc) is 2.46. The Kier molecular flexibility index (Phi) is 4.35. The van der Waals surface area contributed by atoms with Crippen LogP contribution in [-0.4, -0.2) is 23.2 Å². The topological polar surface area (TPSA) is 59.4 Å². The third-order valence-electron chi connectivity index (χ3n) is 3.23. The molecule has 0 spiro atoms. The molecule has 4 nitrogen and oxygen atoms in total. The van der Waals surface area contributed by atoms with Crippen LogP contribution < -0.4 is 4.74 Å². The van der Waals surface area contributed by atoms with Crippen molar-refractivity contribution in [3.05, 3.63) is 59.3 Å². The van der Waals surface area contributed by atoms with Gasteiger partial charge in [-0.25, -0.2) is 4.98 Å². The summed E-state index contributed by atoms with van der Waals surface area (Å²) in [7, 11) is 1.52. The molecular formula is C16H17NO3. The van der Waals surface area contributed by atoms with E-state index in [9.17, 15) is 9.90 Å². The van der Waals surface area contributed by atoms with Gasteiger partial charge in [-0.05, 0) is 30.5 Å². The van der Waals surface area contributed by atoms with Crippen molar-refractivity contribution in [2.24, 2.45) is 0 Å². The van der Waals surface area contributed by atoms with Gasteiger partial charge in [0, 0.05) is 12.3 Å². The molecule has 4 heteroatoms. The predicted octanol–water partition coefficient (Wildman–Crippen LogP) is 2.81. The van der Waals surface area contributed by atoms with Crippen molar-refractivity contribution in [3.8, 4) is 5.88 Å². The van der Waals surface area contributed by atoms with Crippen molar-refractivity contribution in [2.75, 3.05) is 7.11 Å². The Hall–Kier alpha value is -2.36. The molecule has 2 aromatic rings. The number of benzene rings is 1. The molecule has 0 bridgehead atoms. The van der Waals surface area contributed by atoms with E-state index in [4.69, 9.17) is 4.74 Å². The number of hydrogen-bond acceptors (Lipinski definition) is 3. The first-order valence-corrected chi connectivity index (χ1v) is 6.38. The lowest BCUT2D eigenvalue weighted by Crippen LogP contribution is -2.14. The van der Waals surface area contributed by atoms with Crippen LogP contribution in [-0.2, 0) is 11.2 Å². The lowest BCUT2D eigenvalue weighted by molar-refractivity contribution is -0.138. The number of methoxy groups -OCH3 is 1. The first-order chi connectivity index (χ1) is 9.60. The van der Waals surface area contributed by atoms with Crippen LogP contribution in [0.2, 0.25) is 0 Å². The van der Waals surface area contributed by atoms with Crippen LogP contribution >= 0.6 is 0 Å². The van der Waals surface area contributed by atoms with Crippen LogP contribution in [0.15, 0.2) is 42.6 Å². The number of pyridine rings is 1. The lowest BCUT2D eigenvalue weighted by atomic mass is 9.92. The molecule has 0 radical (unpaired) electrons. The summed E-state index contributed by atoms with van der Waals surface area (Å²) in [6, 6.07) is 11.3. The smallest absolute Gasteiger partial charge is 0.311 e. The number of carboxylic acids is 1. The Morgan fingerprint density at radius 1 is 1.30 bits per heavy atom. The van der Waals surface area contributed by atoms with Gasteiger partial charge in [0.05, 0.1) is 13.0 Å². The van der Waals surface area contributed by atoms with E-state index in [0.29, 0.717) is 17.9 Å². The van der Waals surface area contributed by atoms with Gasteiger partial charge in [-0.2, -0.15) is 0 Å². The normalized spacial score (nSPS) is 11.9. The van der Waals surface area contributed by atoms with Gasteiger partial charge < -0.3 is 9.84 Å². The van der Waals surface area contributed by atoms with Crippen molar-refractivity contribution in [3.63, 3.8) is 0 Å². The molecule has 0 aliphatic carbocycles. The highest BCUT2D eigenvalue weighted by atomic mass is 16.5. The minimum atomic E-state index is -0.848. The highest BCUT2D eigenvalue weighted by molar-refractivity contribution is 5.76. The second-order valence-electron chi connectivity index (χ2n) is 4.71. The zero-order valence-corrected chi connectivity index (χ0v) is 11.5. The van der Waals surface area contributed by atoms with Crippen molar-refractivity contribution >= 4 is 5.97 Å². The largest absolute Gasteiger partial charge is 0.481 e. The van der Waals surface area contributed by atoms with Crippen LogP contribution in [0, 0.1) is 6.92 Å². The average molecular weight is 271 g/mol. The van der Waals surface area contributed by atoms with Gasteiger partial charge in [-0.15, -0.1) is 0 Å². The fourth-order valence-corrected chi connectivity index (χ4v) is 2.06. The Morgan fingerprint density at radius 3 is 2.60 bits per heavy atom. The molecular weight excluding hydrogens is 254 g/mol. The predicted molar refractivity (Wildman–Crippen MR) is 76.0 cm³/mol. The van der Waals surface area contributed by atoms with E-state index < -0.39 is 11.9 Å². The van der Waals surface area contributed by atoms with Gasteiger partial charge in [0.15, 0.2) is 0 Å². The van der Waals surface area contributed by atoms with E-state index in [2.05, 4.69) is 4.98 Å². The minimum Gasteiger partial charge on any atom is -0.481 e. The van der Waals surface area contributed by atoms with Crippen molar-refractivity contribution in [1.82, 2.24) is 4.98 Å². The fourth-order valence-electron chi connectivity index (χ4n) is 2.06. The minimum absolute atomic E-state index is 0.428. The Balaban J connectivity index is 2.26. The zero-order chi connectivity index (χ0) is 14.5. The molecule has 0 saturated heterocycles. The van der Waals surface area contributed by atoms with Crippen molar-refractivity contribution < 1.29 is 14.6 Å². The fraction of sp³-hybridized carbons (Fsp3) is 0.250. The third-order valence-corrected chi connectivity index (χ3v) is 3.23. The van der Waals surface area contributed by atoms with Gasteiger partial charge in [0.1, 0.15) is 0 Å². The molecule has 0 fully saturated rings. The summed E-state index contributed by atoms with van der Waals surface area (Å²) >= 11 is 0. The molecule has 0 aliphatic heterocycles. The molecule has 1 atom stereocenters. The highest BCUT2D eigenvalue weighted by Crippen LogP contribution is 2.23. The maximum absolute atomic E-state index is 11.5. The van der Waals surface area contributed by atoms with Crippen molar-refractivity contribution in [1.29, 1.82) is 0 Å². The summed E-state index contributed by atoms with van der Waals surface area (Å²) in [6.45, 7) is 2.01. The maximum atomic E-state index is 11.5. The quantitative estimate of drug-likeness (QED) is 0.908. The lowest BCUT2D eigenvalue weighted by Gasteiger charge is -2.13. The maximum Gasteiger partial charge on any atom is 0.311 e. The molecule has 1 heterocycles. The Labute approximate surface area is 118 Å². The van der Waals surface area contributed by atoms with Crippen molar-refractivity contribution in [2.45, 2.75) is 19.3 Å². The van der Waals surface area contributed by atoms with Gasteiger partial charge in [-0.1, -0.05) is 29.8 Å². The Bertz CT molecular complexity index is 593. The van der Waals surface area contributed by atoms with E-state index in [1.807, 2.05) is 31.2 Å². The van der Waals surface area contributed by atoms with E-state index in [-0.39, 0.29) is 0 Å². The van der Waals surface area contributed by atoms with Gasteiger partial charge >= 0.3 is 5.97 Å². The molecule has 1 unspecified atom stereocenters. The first-order valence-electron chi connectivity index (χ1n) is 6.38. The third kappa shape index (κ3) is 3.35. The summed E-state index contributed by atoms with van der Waals surface area (Å²) in [4.78, 5) is 15.5. The highest BCUT2D eigenvalue weighted by Gasteiger charge is 2.21. The van der Waals surface area contributed by atoms with Gasteiger partial charge in [0.25, 0.3) is 0 Å². The number of aryl methyl sites for hydroxylation is 1. The SMILES string of the molecule is COc1cc(C(Cc2ccc(C)cc2)C(=O)O)ccn1. The molecule has 0 amide bonds. The van der Waals surface area contributed by atoms with E-state index in [1.54, 1.807) is 18.3 Å². The molecule has 2 rings (SSSR count). The van der Waals surface area contributed by atoms with Gasteiger partial charge in [-0.3, -0.25) is 4.79 Å². The van der Waals surface area contributed by atoms with Crippen LogP contribution in [0.25, 0.3) is 0 Å². The summed E-state index contributed by atoms with van der Waals surface area (Å²) in [5.74, 6) is -1.02. The number of hydrogen-bond donors (Lipinski definition) is 1. The summed E-state index contributed by atoms with van der Waals surface area (Å²) in [6.07, 6.45) is 2.02. The monoisotopic (exact) mass is 271 g/mol. The van der Waals surface area contributed by atoms with E-state index >= 15 is 0 Å². The molecule has 20 heavy (non-hydrogen) atoms. The molecule has 0 aliphatic rings. The number of nitrogens with zero attached hydrogens (tertiary/aromatic N) is 1. The van der Waals surface area contributed by atoms with Crippen LogP contribution in [0.5, 0.6) is 5.88 Å². The Morgan fingerprint density at radius 2 is 2.00 bits per heavy atom. The summed E-state index contributed by atoms with van der Waals surface area (Å²) in [5, 5.41) is 9.44.